The van der Waals surface area contributed by atoms with Crippen LogP contribution >= 0.6 is 0 Å². The Balaban J connectivity index is 0.000000229. The molecule has 0 N–H and O–H groups in total. The third kappa shape index (κ3) is 6.50. The predicted octanol–water partition coefficient (Wildman–Crippen LogP) is 8.05. The molecule has 4 heteroatoms. The van der Waals surface area contributed by atoms with Crippen molar-refractivity contribution in [1.29, 1.82) is 0 Å². The maximum Gasteiger partial charge on any atom is 0.416 e. The molecule has 0 saturated heterocycles. The fourth-order valence-corrected chi connectivity index (χ4v) is 5.09. The van der Waals surface area contributed by atoms with Gasteiger partial charge in [0.1, 0.15) is 0 Å². The lowest BCUT2D eigenvalue weighted by Gasteiger charge is -2.08. The molecule has 0 spiro atoms. The largest absolute Gasteiger partial charge is 0.416 e. The van der Waals surface area contributed by atoms with Crippen molar-refractivity contribution in [2.24, 2.45) is 0 Å². The maximum atomic E-state index is 11.8. The molecule has 0 aromatic heterocycles. The summed E-state index contributed by atoms with van der Waals surface area (Å²) < 4.78 is 35.4. The van der Waals surface area contributed by atoms with Gasteiger partial charge in [-0.15, -0.1) is 0 Å². The van der Waals surface area contributed by atoms with Crippen LogP contribution in [0.3, 0.4) is 0 Å². The van der Waals surface area contributed by atoms with Gasteiger partial charge in [-0.25, -0.2) is 0 Å². The van der Waals surface area contributed by atoms with Crippen LogP contribution in [0, 0.1) is 0 Å². The molecule has 0 amide bonds. The molecule has 4 aromatic carbocycles. The van der Waals surface area contributed by atoms with Gasteiger partial charge in [0.05, 0.1) is 16.5 Å². The van der Waals surface area contributed by atoms with Crippen LogP contribution < -0.4 is 0 Å². The van der Waals surface area contributed by atoms with E-state index in [1.165, 1.54) is 32.4 Å². The number of alkyl halides is 3. The molecule has 0 bridgehead atoms. The molecule has 158 valence electrons. The summed E-state index contributed by atoms with van der Waals surface area (Å²) in [7, 11) is -0.0249. The molecular formula is C27H24F3S+. The molecule has 0 aliphatic heterocycles. The van der Waals surface area contributed by atoms with Crippen LogP contribution in [0.4, 0.5) is 13.2 Å². The summed E-state index contributed by atoms with van der Waals surface area (Å²) in [5.41, 5.74) is 0.790. The van der Waals surface area contributed by atoms with Gasteiger partial charge in [0.15, 0.2) is 14.7 Å². The quantitative estimate of drug-likeness (QED) is 0.283. The molecule has 0 heterocycles. The Labute approximate surface area is 184 Å². The van der Waals surface area contributed by atoms with Crippen LogP contribution in [-0.4, -0.2) is 0 Å². The minimum Gasteiger partial charge on any atom is -0.166 e. The van der Waals surface area contributed by atoms with Gasteiger partial charge >= 0.3 is 6.18 Å². The van der Waals surface area contributed by atoms with Gasteiger partial charge in [0.2, 0.25) is 0 Å². The topological polar surface area (TPSA) is 0 Å². The molecule has 0 nitrogen and oxygen atoms in total. The number of benzene rings is 4. The highest BCUT2D eigenvalue weighted by Crippen LogP contribution is 2.31. The van der Waals surface area contributed by atoms with E-state index >= 15 is 0 Å². The average molecular weight is 438 g/mol. The van der Waals surface area contributed by atoms with Crippen molar-refractivity contribution in [3.63, 3.8) is 0 Å². The van der Waals surface area contributed by atoms with Gasteiger partial charge in [0.25, 0.3) is 0 Å². The summed E-state index contributed by atoms with van der Waals surface area (Å²) in [5, 5.41) is 0. The highest BCUT2D eigenvalue weighted by atomic mass is 32.2. The summed E-state index contributed by atoms with van der Waals surface area (Å²) >= 11 is 0. The van der Waals surface area contributed by atoms with E-state index in [-0.39, 0.29) is 10.9 Å². The van der Waals surface area contributed by atoms with Crippen LogP contribution in [0.15, 0.2) is 130 Å². The van der Waals surface area contributed by atoms with Crippen molar-refractivity contribution < 1.29 is 13.2 Å². The van der Waals surface area contributed by atoms with Crippen LogP contribution in [0.25, 0.3) is 0 Å². The molecule has 0 atom stereocenters. The summed E-state index contributed by atoms with van der Waals surface area (Å²) in [5.74, 6) is 0. The first-order valence-electron chi connectivity index (χ1n) is 10.0. The molecule has 0 aliphatic rings. The monoisotopic (exact) mass is 437 g/mol. The maximum absolute atomic E-state index is 11.8. The van der Waals surface area contributed by atoms with Gasteiger partial charge in [-0.3, -0.25) is 0 Å². The third-order valence-electron chi connectivity index (χ3n) is 4.63. The standard InChI is InChI=1S/C20H19S.C7H5F3/c1-2-17-13-15-20(16-14-17)21(18-9-5-3-6-10-18)19-11-7-4-8-12-19;8-7(9,10)6-4-2-1-3-5-6/h3-16H,2H2,1H3;1-5H/q+1;. The Morgan fingerprint density at radius 3 is 1.29 bits per heavy atom. The Morgan fingerprint density at radius 1 is 0.548 bits per heavy atom. The predicted molar refractivity (Wildman–Crippen MR) is 122 cm³/mol. The summed E-state index contributed by atoms with van der Waals surface area (Å²) in [6, 6.07) is 37.0. The lowest BCUT2D eigenvalue weighted by Crippen LogP contribution is -2.04. The molecule has 0 aliphatic carbocycles. The number of hydrogen-bond donors (Lipinski definition) is 0. The smallest absolute Gasteiger partial charge is 0.166 e. The highest BCUT2D eigenvalue weighted by molar-refractivity contribution is 7.97. The zero-order valence-electron chi connectivity index (χ0n) is 17.2. The van der Waals surface area contributed by atoms with E-state index in [0.29, 0.717) is 0 Å². The highest BCUT2D eigenvalue weighted by Gasteiger charge is 2.29. The molecule has 4 aromatic rings. The summed E-state index contributed by atoms with van der Waals surface area (Å²) in [4.78, 5) is 4.12. The van der Waals surface area contributed by atoms with Crippen LogP contribution in [-0.2, 0) is 23.5 Å². The minimum absolute atomic E-state index is 0.0249. The van der Waals surface area contributed by atoms with Crippen molar-refractivity contribution in [1.82, 2.24) is 0 Å². The van der Waals surface area contributed by atoms with Crippen molar-refractivity contribution >= 4 is 10.9 Å². The molecule has 0 saturated carbocycles. The van der Waals surface area contributed by atoms with Gasteiger partial charge < -0.3 is 0 Å². The van der Waals surface area contributed by atoms with Gasteiger partial charge in [0, 0.05) is 0 Å². The second-order valence-electron chi connectivity index (χ2n) is 6.79. The molecule has 0 fully saturated rings. The van der Waals surface area contributed by atoms with Crippen molar-refractivity contribution in [2.75, 3.05) is 0 Å². The fourth-order valence-electron chi connectivity index (χ4n) is 3.01. The summed E-state index contributed by atoms with van der Waals surface area (Å²) in [6.07, 6.45) is -3.12. The summed E-state index contributed by atoms with van der Waals surface area (Å²) in [6.45, 7) is 2.20. The zero-order valence-corrected chi connectivity index (χ0v) is 18.0. The molecular weight excluding hydrogens is 413 g/mol. The van der Waals surface area contributed by atoms with Gasteiger partial charge in [-0.1, -0.05) is 85.8 Å². The molecule has 0 radical (unpaired) electrons. The number of hydrogen-bond acceptors (Lipinski definition) is 0. The van der Waals surface area contributed by atoms with Gasteiger partial charge in [-0.05, 0) is 48.4 Å². The fraction of sp³-hybridized carbons (Fsp3) is 0.111. The molecule has 0 unspecified atom stereocenters. The lowest BCUT2D eigenvalue weighted by molar-refractivity contribution is -0.137. The van der Waals surface area contributed by atoms with E-state index in [4.69, 9.17) is 0 Å². The SMILES string of the molecule is CCc1ccc([S+](c2ccccc2)c2ccccc2)cc1.FC(F)(F)c1ccccc1. The first-order valence-corrected chi connectivity index (χ1v) is 11.3. The van der Waals surface area contributed by atoms with Crippen molar-refractivity contribution in [3.05, 3.63) is 126 Å². The van der Waals surface area contributed by atoms with Crippen LogP contribution in [0.1, 0.15) is 18.1 Å². The van der Waals surface area contributed by atoms with Crippen molar-refractivity contribution in [3.8, 4) is 0 Å². The normalized spacial score (nSPS) is 11.0. The van der Waals surface area contributed by atoms with E-state index in [2.05, 4.69) is 91.9 Å². The number of halogens is 3. The van der Waals surface area contributed by atoms with Crippen molar-refractivity contribution in [2.45, 2.75) is 34.2 Å². The second kappa shape index (κ2) is 10.9. The first-order chi connectivity index (χ1) is 15.0. The Hall–Kier alpha value is -2.98. The number of aryl methyl sites for hydroxylation is 1. The van der Waals surface area contributed by atoms with E-state index in [1.54, 1.807) is 6.07 Å². The van der Waals surface area contributed by atoms with E-state index in [9.17, 15) is 13.2 Å². The Kier molecular flexibility index (Phi) is 7.96. The first kappa shape index (κ1) is 22.7. The third-order valence-corrected chi connectivity index (χ3v) is 6.86. The van der Waals surface area contributed by atoms with Gasteiger partial charge in [-0.2, -0.15) is 13.2 Å². The van der Waals surface area contributed by atoms with E-state index < -0.39 is 11.7 Å². The Bertz CT molecular complexity index is 989. The molecule has 4 rings (SSSR count). The lowest BCUT2D eigenvalue weighted by atomic mass is 10.2. The van der Waals surface area contributed by atoms with E-state index in [1.807, 2.05) is 0 Å². The van der Waals surface area contributed by atoms with Crippen LogP contribution in [0.2, 0.25) is 0 Å². The average Bonchev–Trinajstić information content (AvgIpc) is 2.82. The Morgan fingerprint density at radius 2 is 0.935 bits per heavy atom. The van der Waals surface area contributed by atoms with Crippen LogP contribution in [0.5, 0.6) is 0 Å². The van der Waals surface area contributed by atoms with E-state index in [0.717, 1.165) is 18.6 Å². The molecule has 31 heavy (non-hydrogen) atoms. The number of rotatable bonds is 4. The minimum atomic E-state index is -4.21. The second-order valence-corrected chi connectivity index (χ2v) is 8.82. The zero-order chi connectivity index (χ0) is 22.1.